The van der Waals surface area contributed by atoms with Gasteiger partial charge in [0.25, 0.3) is 0 Å². The minimum atomic E-state index is -3.78. The predicted octanol–water partition coefficient (Wildman–Crippen LogP) is 2.06. The summed E-state index contributed by atoms with van der Waals surface area (Å²) in [5.74, 6) is -0.527. The summed E-state index contributed by atoms with van der Waals surface area (Å²) in [6.45, 7) is 5.17. The fourth-order valence-corrected chi connectivity index (χ4v) is 3.74. The Morgan fingerprint density at radius 1 is 1.20 bits per heavy atom. The summed E-state index contributed by atoms with van der Waals surface area (Å²) in [7, 11) is -2.28. The molecule has 0 saturated heterocycles. The highest BCUT2D eigenvalue weighted by molar-refractivity contribution is 7.92. The van der Waals surface area contributed by atoms with Gasteiger partial charge in [-0.2, -0.15) is 0 Å². The highest BCUT2D eigenvalue weighted by atomic mass is 32.2. The first kappa shape index (κ1) is 16.5. The molecule has 0 N–H and O–H groups in total. The van der Waals surface area contributed by atoms with Crippen LogP contribution in [0.4, 0.5) is 0 Å². The van der Waals surface area contributed by atoms with Gasteiger partial charge in [0.15, 0.2) is 15.1 Å². The van der Waals surface area contributed by atoms with Crippen molar-refractivity contribution in [3.05, 3.63) is 24.3 Å². The number of hydrogen-bond acceptors (Lipinski definition) is 5. The molecule has 0 aliphatic heterocycles. The Balaban J connectivity index is 3.18. The summed E-state index contributed by atoms with van der Waals surface area (Å²) in [5, 5.41) is -1.20. The average molecular weight is 300 g/mol. The van der Waals surface area contributed by atoms with Gasteiger partial charge in [-0.1, -0.05) is 13.8 Å². The molecule has 0 aromatic heterocycles. The van der Waals surface area contributed by atoms with Crippen LogP contribution in [0.1, 0.15) is 20.8 Å². The molecule has 0 fully saturated rings. The zero-order chi connectivity index (χ0) is 15.3. The minimum Gasteiger partial charge on any atom is -0.497 e. The van der Waals surface area contributed by atoms with E-state index in [1.165, 1.54) is 19.2 Å². The normalized spacial score (nSPS) is 13.1. The lowest BCUT2D eigenvalue weighted by Gasteiger charge is -2.19. The zero-order valence-corrected chi connectivity index (χ0v) is 12.9. The number of hydrogen-bond donors (Lipinski definition) is 0. The van der Waals surface area contributed by atoms with Gasteiger partial charge in [-0.05, 0) is 37.1 Å². The number of carbonyl (C=O) groups is 1. The second kappa shape index (κ2) is 6.74. The molecule has 20 heavy (non-hydrogen) atoms. The second-order valence-corrected chi connectivity index (χ2v) is 6.71. The highest BCUT2D eigenvalue weighted by Gasteiger charge is 2.37. The van der Waals surface area contributed by atoms with Crippen LogP contribution in [0.3, 0.4) is 0 Å². The van der Waals surface area contributed by atoms with Crippen molar-refractivity contribution in [2.45, 2.75) is 30.9 Å². The van der Waals surface area contributed by atoms with Crippen molar-refractivity contribution in [1.82, 2.24) is 0 Å². The van der Waals surface area contributed by atoms with Gasteiger partial charge < -0.3 is 9.47 Å². The highest BCUT2D eigenvalue weighted by Crippen LogP contribution is 2.24. The lowest BCUT2D eigenvalue weighted by Crippen LogP contribution is -2.36. The van der Waals surface area contributed by atoms with Crippen LogP contribution in [0.15, 0.2) is 29.2 Å². The van der Waals surface area contributed by atoms with Gasteiger partial charge >= 0.3 is 5.97 Å². The van der Waals surface area contributed by atoms with E-state index in [0.717, 1.165) is 0 Å². The third kappa shape index (κ3) is 3.50. The van der Waals surface area contributed by atoms with Crippen LogP contribution < -0.4 is 4.74 Å². The van der Waals surface area contributed by atoms with Crippen molar-refractivity contribution in [3.8, 4) is 5.75 Å². The molecule has 0 radical (unpaired) electrons. The number of esters is 1. The van der Waals surface area contributed by atoms with Gasteiger partial charge in [-0.15, -0.1) is 0 Å². The number of benzene rings is 1. The lowest BCUT2D eigenvalue weighted by atomic mass is 10.1. The fourth-order valence-electron chi connectivity index (χ4n) is 1.89. The molecule has 0 heterocycles. The number of ether oxygens (including phenoxy) is 2. The van der Waals surface area contributed by atoms with Crippen molar-refractivity contribution in [2.24, 2.45) is 5.92 Å². The summed E-state index contributed by atoms with van der Waals surface area (Å²) in [6.07, 6.45) is 0. The summed E-state index contributed by atoms with van der Waals surface area (Å²) in [5.41, 5.74) is 0. The average Bonchev–Trinajstić information content (AvgIpc) is 2.38. The number of carbonyl (C=O) groups excluding carboxylic acids is 1. The molecule has 112 valence electrons. The van der Waals surface area contributed by atoms with Gasteiger partial charge in [-0.25, -0.2) is 8.42 Å². The summed E-state index contributed by atoms with van der Waals surface area (Å²) < 4.78 is 35.0. The Kier molecular flexibility index (Phi) is 5.56. The maximum atomic E-state index is 12.5. The molecular formula is C14H20O5S. The third-order valence-corrected chi connectivity index (χ3v) is 5.18. The Hall–Kier alpha value is -1.56. The van der Waals surface area contributed by atoms with Crippen molar-refractivity contribution in [3.63, 3.8) is 0 Å². The first-order chi connectivity index (χ1) is 9.34. The fraction of sp³-hybridized carbons (Fsp3) is 0.500. The number of sulfone groups is 1. The van der Waals surface area contributed by atoms with Gasteiger partial charge in [0.1, 0.15) is 5.75 Å². The van der Waals surface area contributed by atoms with Crippen molar-refractivity contribution in [1.29, 1.82) is 0 Å². The molecule has 0 saturated carbocycles. The second-order valence-electron chi connectivity index (χ2n) is 4.64. The van der Waals surface area contributed by atoms with Crippen LogP contribution in [-0.4, -0.2) is 33.4 Å². The van der Waals surface area contributed by atoms with Gasteiger partial charge in [0.05, 0.1) is 18.6 Å². The third-order valence-electron chi connectivity index (χ3n) is 2.85. The standard InChI is InChI=1S/C14H20O5S/c1-5-19-14(15)13(10(2)3)20(16,17)12-8-6-11(18-4)7-9-12/h6-10,13H,5H2,1-4H3/t13-/m0/s1. The van der Waals surface area contributed by atoms with Crippen LogP contribution in [0, 0.1) is 5.92 Å². The molecule has 0 amide bonds. The van der Waals surface area contributed by atoms with E-state index in [2.05, 4.69) is 0 Å². The molecule has 1 rings (SSSR count). The number of methoxy groups -OCH3 is 1. The maximum Gasteiger partial charge on any atom is 0.324 e. The smallest absolute Gasteiger partial charge is 0.324 e. The first-order valence-corrected chi connectivity index (χ1v) is 7.93. The van der Waals surface area contributed by atoms with E-state index in [1.54, 1.807) is 32.9 Å². The SMILES string of the molecule is CCOC(=O)[C@H](C(C)C)S(=O)(=O)c1ccc(OC)cc1. The van der Waals surface area contributed by atoms with Crippen LogP contribution in [-0.2, 0) is 19.4 Å². The molecular weight excluding hydrogens is 280 g/mol. The predicted molar refractivity (Wildman–Crippen MR) is 75.4 cm³/mol. The van der Waals surface area contributed by atoms with E-state index in [9.17, 15) is 13.2 Å². The molecule has 0 aliphatic rings. The Bertz CT molecular complexity index is 545. The zero-order valence-electron chi connectivity index (χ0n) is 12.1. The molecule has 1 aromatic rings. The largest absolute Gasteiger partial charge is 0.497 e. The lowest BCUT2D eigenvalue weighted by molar-refractivity contribution is -0.143. The van der Waals surface area contributed by atoms with E-state index in [-0.39, 0.29) is 17.4 Å². The van der Waals surface area contributed by atoms with E-state index in [4.69, 9.17) is 9.47 Å². The number of rotatable bonds is 6. The Morgan fingerprint density at radius 2 is 1.75 bits per heavy atom. The van der Waals surface area contributed by atoms with Crippen LogP contribution in [0.2, 0.25) is 0 Å². The summed E-state index contributed by atoms with van der Waals surface area (Å²) >= 11 is 0. The molecule has 0 aliphatic carbocycles. The van der Waals surface area contributed by atoms with Gasteiger partial charge in [0, 0.05) is 0 Å². The Morgan fingerprint density at radius 3 is 2.15 bits per heavy atom. The molecule has 0 spiro atoms. The van der Waals surface area contributed by atoms with Crippen LogP contribution in [0.25, 0.3) is 0 Å². The molecule has 0 bridgehead atoms. The van der Waals surface area contributed by atoms with E-state index in [0.29, 0.717) is 5.75 Å². The maximum absolute atomic E-state index is 12.5. The van der Waals surface area contributed by atoms with Crippen LogP contribution in [0.5, 0.6) is 5.75 Å². The quantitative estimate of drug-likeness (QED) is 0.752. The molecule has 1 aromatic carbocycles. The van der Waals surface area contributed by atoms with Crippen LogP contribution >= 0.6 is 0 Å². The minimum absolute atomic E-state index is 0.0880. The van der Waals surface area contributed by atoms with E-state index in [1.807, 2.05) is 0 Å². The van der Waals surface area contributed by atoms with E-state index >= 15 is 0 Å². The molecule has 5 nitrogen and oxygen atoms in total. The topological polar surface area (TPSA) is 69.7 Å². The molecule has 1 atom stereocenters. The Labute approximate surface area is 119 Å². The molecule has 0 unspecified atom stereocenters. The van der Waals surface area contributed by atoms with Gasteiger partial charge in [-0.3, -0.25) is 4.79 Å². The summed E-state index contributed by atoms with van der Waals surface area (Å²) in [6, 6.07) is 5.97. The van der Waals surface area contributed by atoms with Crippen molar-refractivity contribution in [2.75, 3.05) is 13.7 Å². The van der Waals surface area contributed by atoms with Gasteiger partial charge in [0.2, 0.25) is 0 Å². The van der Waals surface area contributed by atoms with Crippen molar-refractivity contribution >= 4 is 15.8 Å². The van der Waals surface area contributed by atoms with E-state index < -0.39 is 21.1 Å². The first-order valence-electron chi connectivity index (χ1n) is 6.39. The van der Waals surface area contributed by atoms with Crippen molar-refractivity contribution < 1.29 is 22.7 Å². The monoisotopic (exact) mass is 300 g/mol. The summed E-state index contributed by atoms with van der Waals surface area (Å²) in [4.78, 5) is 12.0. The molecule has 6 heteroatoms.